The zero-order chi connectivity index (χ0) is 21.3. The molecule has 0 amide bonds. The van der Waals surface area contributed by atoms with E-state index in [2.05, 4.69) is 38.8 Å². The predicted molar refractivity (Wildman–Crippen MR) is 103 cm³/mol. The third-order valence-corrected chi connectivity index (χ3v) is 9.25. The van der Waals surface area contributed by atoms with E-state index in [-0.39, 0.29) is 10.7 Å². The number of nitrogens with zero attached hydrogens (tertiary/aromatic N) is 1. The summed E-state index contributed by atoms with van der Waals surface area (Å²) in [5.74, 6) is -0.469. The minimum Gasteiger partial charge on any atom is -0.544 e. The molecule has 0 aliphatic rings. The number of halogens is 3. The van der Waals surface area contributed by atoms with Crippen molar-refractivity contribution in [3.63, 3.8) is 0 Å². The molecule has 1 aromatic carbocycles. The normalized spacial score (nSPS) is 12.6. The van der Waals surface area contributed by atoms with Crippen molar-refractivity contribution in [3.8, 4) is 11.6 Å². The Bertz CT molecular complexity index is 856. The summed E-state index contributed by atoms with van der Waals surface area (Å²) in [7, 11) is -0.929. The number of carbonyl (C=O) groups excluding carboxylic acids is 1. The van der Waals surface area contributed by atoms with Gasteiger partial charge in [0.05, 0.1) is 7.11 Å². The Hall–Kier alpha value is -2.35. The van der Waals surface area contributed by atoms with Gasteiger partial charge in [-0.3, -0.25) is 4.79 Å². The van der Waals surface area contributed by atoms with Gasteiger partial charge in [0, 0.05) is 5.56 Å². The highest BCUT2D eigenvalue weighted by Crippen LogP contribution is 2.38. The summed E-state index contributed by atoms with van der Waals surface area (Å²) < 4.78 is 49.7. The summed E-state index contributed by atoms with van der Waals surface area (Å²) in [5, 5.41) is 0.0300. The topological polar surface area (TPSA) is 48.4 Å². The van der Waals surface area contributed by atoms with E-state index >= 15 is 0 Å². The molecule has 0 fully saturated rings. The lowest BCUT2D eigenvalue weighted by Gasteiger charge is -2.36. The SMILES string of the molecule is COc1nc(C(=O)c2ccc(O[Si](C)(C)C(C)(C)C)cc2)ccc1C(F)(F)F. The van der Waals surface area contributed by atoms with Crippen molar-refractivity contribution >= 4 is 14.1 Å². The van der Waals surface area contributed by atoms with Crippen molar-refractivity contribution in [1.82, 2.24) is 4.98 Å². The summed E-state index contributed by atoms with van der Waals surface area (Å²) in [4.78, 5) is 16.3. The first-order chi connectivity index (χ1) is 12.8. The molecule has 0 atom stereocenters. The third-order valence-electron chi connectivity index (χ3n) is 4.89. The van der Waals surface area contributed by atoms with Crippen LogP contribution in [0.1, 0.15) is 42.4 Å². The quantitative estimate of drug-likeness (QED) is 0.466. The van der Waals surface area contributed by atoms with Gasteiger partial charge in [0.2, 0.25) is 20.0 Å². The summed E-state index contributed by atoms with van der Waals surface area (Å²) >= 11 is 0. The van der Waals surface area contributed by atoms with Crippen molar-refractivity contribution < 1.29 is 27.1 Å². The van der Waals surface area contributed by atoms with E-state index in [1.54, 1.807) is 24.3 Å². The number of rotatable bonds is 5. The van der Waals surface area contributed by atoms with E-state index in [9.17, 15) is 18.0 Å². The number of ether oxygens (including phenoxy) is 1. The van der Waals surface area contributed by atoms with Crippen molar-refractivity contribution in [2.45, 2.75) is 45.1 Å². The maximum Gasteiger partial charge on any atom is 0.421 e. The Morgan fingerprint density at radius 2 is 1.57 bits per heavy atom. The van der Waals surface area contributed by atoms with Crippen molar-refractivity contribution in [2.24, 2.45) is 0 Å². The van der Waals surface area contributed by atoms with Crippen LogP contribution in [-0.4, -0.2) is 26.2 Å². The Morgan fingerprint density at radius 1 is 1.00 bits per heavy atom. The lowest BCUT2D eigenvalue weighted by molar-refractivity contribution is -0.139. The Kier molecular flexibility index (Phi) is 5.94. The number of methoxy groups -OCH3 is 1. The maximum atomic E-state index is 12.9. The minimum absolute atomic E-state index is 0.0300. The zero-order valence-corrected chi connectivity index (χ0v) is 17.8. The van der Waals surface area contributed by atoms with Gasteiger partial charge < -0.3 is 9.16 Å². The molecule has 152 valence electrons. The van der Waals surface area contributed by atoms with Crippen LogP contribution in [0.3, 0.4) is 0 Å². The first kappa shape index (κ1) is 21.9. The molecule has 0 aliphatic carbocycles. The molecular weight excluding hydrogens is 387 g/mol. The molecule has 0 radical (unpaired) electrons. The van der Waals surface area contributed by atoms with E-state index in [1.807, 2.05) is 0 Å². The van der Waals surface area contributed by atoms with Crippen molar-refractivity contribution in [2.75, 3.05) is 7.11 Å². The van der Waals surface area contributed by atoms with Crippen LogP contribution in [0.2, 0.25) is 18.1 Å². The van der Waals surface area contributed by atoms with Gasteiger partial charge in [-0.05, 0) is 54.5 Å². The second kappa shape index (κ2) is 7.58. The zero-order valence-electron chi connectivity index (χ0n) is 16.8. The molecule has 0 saturated carbocycles. The maximum absolute atomic E-state index is 12.9. The molecule has 2 aromatic rings. The number of hydrogen-bond acceptors (Lipinski definition) is 4. The smallest absolute Gasteiger partial charge is 0.421 e. The Morgan fingerprint density at radius 3 is 2.04 bits per heavy atom. The summed E-state index contributed by atoms with van der Waals surface area (Å²) in [5.41, 5.74) is -0.843. The van der Waals surface area contributed by atoms with Crippen molar-refractivity contribution in [1.29, 1.82) is 0 Å². The van der Waals surface area contributed by atoms with E-state index < -0.39 is 31.7 Å². The highest BCUT2D eigenvalue weighted by molar-refractivity contribution is 6.74. The second-order valence-corrected chi connectivity index (χ2v) is 12.7. The molecule has 0 saturated heterocycles. The fraction of sp³-hybridized carbons (Fsp3) is 0.400. The van der Waals surface area contributed by atoms with Crippen LogP contribution in [0.15, 0.2) is 36.4 Å². The lowest BCUT2D eigenvalue weighted by atomic mass is 10.1. The molecule has 28 heavy (non-hydrogen) atoms. The molecule has 1 aromatic heterocycles. The van der Waals surface area contributed by atoms with Crippen LogP contribution < -0.4 is 9.16 Å². The van der Waals surface area contributed by atoms with Gasteiger partial charge in [-0.2, -0.15) is 13.2 Å². The van der Waals surface area contributed by atoms with Crippen LogP contribution in [0, 0.1) is 0 Å². The number of ketones is 1. The van der Waals surface area contributed by atoms with E-state index in [1.165, 1.54) is 0 Å². The molecule has 4 nitrogen and oxygen atoms in total. The molecule has 0 aliphatic heterocycles. The van der Waals surface area contributed by atoms with Crippen LogP contribution in [0.5, 0.6) is 11.6 Å². The standard InChI is InChI=1S/C20H24F3NO3Si/c1-19(2,3)28(5,6)27-14-9-7-13(8-10-14)17(25)16-12-11-15(20(21,22)23)18(24-16)26-4/h7-12H,1-6H3. The fourth-order valence-corrected chi connectivity index (χ4v) is 3.24. The minimum atomic E-state index is -4.61. The number of carbonyl (C=O) groups is 1. The second-order valence-electron chi connectivity index (χ2n) is 7.97. The van der Waals surface area contributed by atoms with Crippen LogP contribution in [-0.2, 0) is 6.18 Å². The molecule has 0 spiro atoms. The van der Waals surface area contributed by atoms with Crippen LogP contribution in [0.25, 0.3) is 0 Å². The van der Waals surface area contributed by atoms with Gasteiger partial charge in [0.1, 0.15) is 17.0 Å². The molecule has 0 N–H and O–H groups in total. The third kappa shape index (κ3) is 4.73. The lowest BCUT2D eigenvalue weighted by Crippen LogP contribution is -2.43. The number of benzene rings is 1. The van der Waals surface area contributed by atoms with Gasteiger partial charge >= 0.3 is 6.18 Å². The Balaban J connectivity index is 2.26. The number of pyridine rings is 1. The van der Waals surface area contributed by atoms with Gasteiger partial charge in [-0.25, -0.2) is 4.98 Å². The van der Waals surface area contributed by atoms with E-state index in [0.717, 1.165) is 19.2 Å². The first-order valence-electron chi connectivity index (χ1n) is 8.72. The fourth-order valence-electron chi connectivity index (χ4n) is 2.21. The highest BCUT2D eigenvalue weighted by Gasteiger charge is 2.39. The molecule has 0 bridgehead atoms. The summed E-state index contributed by atoms with van der Waals surface area (Å²) in [6.45, 7) is 10.6. The first-order valence-corrected chi connectivity index (χ1v) is 11.6. The van der Waals surface area contributed by atoms with Crippen LogP contribution >= 0.6 is 0 Å². The highest BCUT2D eigenvalue weighted by atomic mass is 28.4. The van der Waals surface area contributed by atoms with Gasteiger partial charge in [0.15, 0.2) is 0 Å². The average Bonchev–Trinajstić information content (AvgIpc) is 2.59. The molecule has 2 rings (SSSR count). The van der Waals surface area contributed by atoms with E-state index in [0.29, 0.717) is 11.3 Å². The number of alkyl halides is 3. The number of hydrogen-bond donors (Lipinski definition) is 0. The Labute approximate surface area is 163 Å². The van der Waals surface area contributed by atoms with E-state index in [4.69, 9.17) is 9.16 Å². The predicted octanol–water partition coefficient (Wildman–Crippen LogP) is 5.72. The molecule has 0 unspecified atom stereocenters. The average molecular weight is 411 g/mol. The monoisotopic (exact) mass is 411 g/mol. The molecule has 8 heteroatoms. The van der Waals surface area contributed by atoms with Crippen molar-refractivity contribution in [3.05, 3.63) is 53.2 Å². The summed E-state index contributed by atoms with van der Waals surface area (Å²) in [6.07, 6.45) is -4.61. The van der Waals surface area contributed by atoms with Crippen LogP contribution in [0.4, 0.5) is 13.2 Å². The van der Waals surface area contributed by atoms with Gasteiger partial charge in [0.25, 0.3) is 0 Å². The molecular formula is C20H24F3NO3Si. The molecule has 1 heterocycles. The largest absolute Gasteiger partial charge is 0.544 e. The summed E-state index contributed by atoms with van der Waals surface area (Å²) in [6, 6.07) is 8.39. The van der Waals surface area contributed by atoms with Gasteiger partial charge in [-0.15, -0.1) is 0 Å². The number of aromatic nitrogens is 1. The van der Waals surface area contributed by atoms with Gasteiger partial charge in [-0.1, -0.05) is 20.8 Å².